The molecule has 0 spiro atoms. The molecule has 1 unspecified atom stereocenters. The van der Waals surface area contributed by atoms with Crippen molar-refractivity contribution in [2.45, 2.75) is 6.10 Å². The lowest BCUT2D eigenvalue weighted by Gasteiger charge is -2.24. The first-order valence-electron chi connectivity index (χ1n) is 5.45. The van der Waals surface area contributed by atoms with Crippen molar-refractivity contribution in [3.63, 3.8) is 0 Å². The molecule has 0 aromatic heterocycles. The first-order valence-corrected chi connectivity index (χ1v) is 5.45. The van der Waals surface area contributed by atoms with E-state index in [4.69, 9.17) is 10.00 Å². The van der Waals surface area contributed by atoms with Crippen LogP contribution in [0.5, 0.6) is 0 Å². The molecule has 4 heteroatoms. The van der Waals surface area contributed by atoms with E-state index in [1.54, 1.807) is 6.07 Å². The Morgan fingerprint density at radius 2 is 2.50 bits per heavy atom. The second-order valence-corrected chi connectivity index (χ2v) is 3.77. The molecule has 1 aromatic carbocycles. The monoisotopic (exact) mass is 217 g/mol. The molecule has 1 atom stereocenters. The highest BCUT2D eigenvalue weighted by atomic mass is 16.5. The number of nitrogens with zero attached hydrogens (tertiary/aromatic N) is 1. The van der Waals surface area contributed by atoms with Crippen LogP contribution in [0, 0.1) is 11.3 Å². The van der Waals surface area contributed by atoms with Crippen LogP contribution in [0.25, 0.3) is 0 Å². The van der Waals surface area contributed by atoms with Gasteiger partial charge in [0, 0.05) is 25.3 Å². The van der Waals surface area contributed by atoms with E-state index in [2.05, 4.69) is 16.7 Å². The Morgan fingerprint density at radius 1 is 1.56 bits per heavy atom. The SMILES string of the molecule is N#Cc1cccc(NCC2CNCCO2)c1. The van der Waals surface area contributed by atoms with E-state index in [1.807, 2.05) is 18.2 Å². The molecule has 4 nitrogen and oxygen atoms in total. The lowest BCUT2D eigenvalue weighted by atomic mass is 10.2. The fraction of sp³-hybridized carbons (Fsp3) is 0.417. The van der Waals surface area contributed by atoms with Gasteiger partial charge in [0.1, 0.15) is 0 Å². The summed E-state index contributed by atoms with van der Waals surface area (Å²) >= 11 is 0. The maximum atomic E-state index is 8.77. The number of hydrogen-bond acceptors (Lipinski definition) is 4. The van der Waals surface area contributed by atoms with Gasteiger partial charge in [0.15, 0.2) is 0 Å². The highest BCUT2D eigenvalue weighted by Gasteiger charge is 2.12. The van der Waals surface area contributed by atoms with Crippen LogP contribution in [0.15, 0.2) is 24.3 Å². The lowest BCUT2D eigenvalue weighted by molar-refractivity contribution is 0.0372. The summed E-state index contributed by atoms with van der Waals surface area (Å²) in [5, 5.41) is 15.3. The quantitative estimate of drug-likeness (QED) is 0.791. The van der Waals surface area contributed by atoms with Crippen molar-refractivity contribution in [3.05, 3.63) is 29.8 Å². The largest absolute Gasteiger partial charge is 0.382 e. The van der Waals surface area contributed by atoms with Crippen LogP contribution >= 0.6 is 0 Å². The number of morpholine rings is 1. The molecule has 2 rings (SSSR count). The molecule has 0 saturated carbocycles. The summed E-state index contributed by atoms with van der Waals surface area (Å²) in [4.78, 5) is 0. The summed E-state index contributed by atoms with van der Waals surface area (Å²) in [6.07, 6.45) is 0.208. The molecule has 1 aliphatic heterocycles. The van der Waals surface area contributed by atoms with Crippen molar-refractivity contribution in [1.82, 2.24) is 5.32 Å². The summed E-state index contributed by atoms with van der Waals surface area (Å²) < 4.78 is 5.57. The molecule has 0 bridgehead atoms. The predicted molar refractivity (Wildman–Crippen MR) is 62.3 cm³/mol. The van der Waals surface area contributed by atoms with Gasteiger partial charge in [-0.3, -0.25) is 0 Å². The van der Waals surface area contributed by atoms with Gasteiger partial charge in [-0.15, -0.1) is 0 Å². The molecule has 0 radical (unpaired) electrons. The lowest BCUT2D eigenvalue weighted by Crippen LogP contribution is -2.42. The van der Waals surface area contributed by atoms with Crippen molar-refractivity contribution in [2.75, 3.05) is 31.6 Å². The molecule has 0 aliphatic carbocycles. The number of hydrogen-bond donors (Lipinski definition) is 2. The minimum Gasteiger partial charge on any atom is -0.382 e. The molecule has 1 aromatic rings. The molecular weight excluding hydrogens is 202 g/mol. The molecule has 84 valence electrons. The number of anilines is 1. The van der Waals surface area contributed by atoms with E-state index in [-0.39, 0.29) is 6.10 Å². The van der Waals surface area contributed by atoms with Crippen LogP contribution in [0.2, 0.25) is 0 Å². The maximum Gasteiger partial charge on any atom is 0.0992 e. The summed E-state index contributed by atoms with van der Waals surface area (Å²) in [5.74, 6) is 0. The second-order valence-electron chi connectivity index (χ2n) is 3.77. The summed E-state index contributed by atoms with van der Waals surface area (Å²) in [6.45, 7) is 3.35. The van der Waals surface area contributed by atoms with Gasteiger partial charge in [0.25, 0.3) is 0 Å². The Labute approximate surface area is 95.2 Å². The highest BCUT2D eigenvalue weighted by molar-refractivity contribution is 5.49. The van der Waals surface area contributed by atoms with Gasteiger partial charge in [-0.25, -0.2) is 0 Å². The van der Waals surface area contributed by atoms with Gasteiger partial charge in [0.2, 0.25) is 0 Å². The van der Waals surface area contributed by atoms with Gasteiger partial charge >= 0.3 is 0 Å². The number of ether oxygens (including phenoxy) is 1. The molecule has 1 heterocycles. The zero-order chi connectivity index (χ0) is 11.2. The second kappa shape index (κ2) is 5.50. The maximum absolute atomic E-state index is 8.77. The third-order valence-electron chi connectivity index (χ3n) is 2.53. The third-order valence-corrected chi connectivity index (χ3v) is 2.53. The van der Waals surface area contributed by atoms with Gasteiger partial charge in [0.05, 0.1) is 24.3 Å². The first-order chi connectivity index (χ1) is 7.88. The number of nitriles is 1. The van der Waals surface area contributed by atoms with Crippen LogP contribution in [-0.2, 0) is 4.74 Å². The summed E-state index contributed by atoms with van der Waals surface area (Å²) in [7, 11) is 0. The summed E-state index contributed by atoms with van der Waals surface area (Å²) in [5.41, 5.74) is 1.64. The van der Waals surface area contributed by atoms with E-state index in [9.17, 15) is 0 Å². The zero-order valence-electron chi connectivity index (χ0n) is 9.07. The standard InChI is InChI=1S/C12H15N3O/c13-7-10-2-1-3-11(6-10)15-9-12-8-14-4-5-16-12/h1-3,6,12,14-15H,4-5,8-9H2. The average molecular weight is 217 g/mol. The van der Waals surface area contributed by atoms with E-state index in [1.165, 1.54) is 0 Å². The van der Waals surface area contributed by atoms with Crippen molar-refractivity contribution in [2.24, 2.45) is 0 Å². The Kier molecular flexibility index (Phi) is 3.76. The van der Waals surface area contributed by atoms with E-state index < -0.39 is 0 Å². The van der Waals surface area contributed by atoms with Crippen LogP contribution < -0.4 is 10.6 Å². The van der Waals surface area contributed by atoms with Gasteiger partial charge in [-0.2, -0.15) is 5.26 Å². The van der Waals surface area contributed by atoms with Crippen molar-refractivity contribution in [3.8, 4) is 6.07 Å². The molecule has 0 amide bonds. The van der Waals surface area contributed by atoms with E-state index in [0.29, 0.717) is 5.56 Å². The smallest absolute Gasteiger partial charge is 0.0992 e. The zero-order valence-corrected chi connectivity index (χ0v) is 9.07. The molecule has 1 aliphatic rings. The Bertz CT molecular complexity index is 380. The number of nitrogens with one attached hydrogen (secondary N) is 2. The average Bonchev–Trinajstić information content (AvgIpc) is 2.38. The van der Waals surface area contributed by atoms with Crippen molar-refractivity contribution in [1.29, 1.82) is 5.26 Å². The number of rotatable bonds is 3. The molecule has 1 saturated heterocycles. The van der Waals surface area contributed by atoms with Gasteiger partial charge in [-0.05, 0) is 18.2 Å². The van der Waals surface area contributed by atoms with E-state index in [0.717, 1.165) is 31.9 Å². The minimum absolute atomic E-state index is 0.208. The minimum atomic E-state index is 0.208. The van der Waals surface area contributed by atoms with Gasteiger partial charge < -0.3 is 15.4 Å². The first kappa shape index (κ1) is 10.9. The Morgan fingerprint density at radius 3 is 3.25 bits per heavy atom. The molecular formula is C12H15N3O. The molecule has 1 fully saturated rings. The highest BCUT2D eigenvalue weighted by Crippen LogP contribution is 2.10. The predicted octanol–water partition coefficient (Wildman–Crippen LogP) is 0.959. The fourth-order valence-corrected chi connectivity index (χ4v) is 1.68. The Hall–Kier alpha value is -1.57. The van der Waals surface area contributed by atoms with Crippen LogP contribution in [0.3, 0.4) is 0 Å². The van der Waals surface area contributed by atoms with Crippen molar-refractivity contribution >= 4 is 5.69 Å². The van der Waals surface area contributed by atoms with Crippen LogP contribution in [-0.4, -0.2) is 32.3 Å². The summed E-state index contributed by atoms with van der Waals surface area (Å²) in [6, 6.07) is 9.59. The third kappa shape index (κ3) is 2.96. The van der Waals surface area contributed by atoms with Crippen molar-refractivity contribution < 1.29 is 4.74 Å². The fourth-order valence-electron chi connectivity index (χ4n) is 1.68. The topological polar surface area (TPSA) is 57.1 Å². The van der Waals surface area contributed by atoms with Crippen LogP contribution in [0.1, 0.15) is 5.56 Å². The number of benzene rings is 1. The molecule has 16 heavy (non-hydrogen) atoms. The molecule has 2 N–H and O–H groups in total. The van der Waals surface area contributed by atoms with E-state index >= 15 is 0 Å². The Balaban J connectivity index is 1.86. The van der Waals surface area contributed by atoms with Gasteiger partial charge in [-0.1, -0.05) is 6.07 Å². The normalized spacial score (nSPS) is 20.1. The van der Waals surface area contributed by atoms with Crippen LogP contribution in [0.4, 0.5) is 5.69 Å².